The SMILES string of the molecule is CN(CCO)CCC(O)c1cc(Br)ccc1F. The molecular weight excluding hydrogens is 289 g/mol. The standard InChI is InChI=1S/C12H17BrFNO2/c1-15(6-7-16)5-4-12(17)10-8-9(13)2-3-11(10)14/h2-3,8,12,16-17H,4-7H2,1H3. The minimum Gasteiger partial charge on any atom is -0.395 e. The topological polar surface area (TPSA) is 43.7 Å². The van der Waals surface area contributed by atoms with Gasteiger partial charge in [-0.2, -0.15) is 0 Å². The zero-order valence-corrected chi connectivity index (χ0v) is 11.3. The third kappa shape index (κ3) is 4.71. The van der Waals surface area contributed by atoms with Gasteiger partial charge in [-0.25, -0.2) is 4.39 Å². The fourth-order valence-corrected chi connectivity index (χ4v) is 1.93. The van der Waals surface area contributed by atoms with Gasteiger partial charge >= 0.3 is 0 Å². The molecule has 0 saturated heterocycles. The molecule has 5 heteroatoms. The first kappa shape index (κ1) is 14.6. The highest BCUT2D eigenvalue weighted by Crippen LogP contribution is 2.23. The third-order valence-corrected chi connectivity index (χ3v) is 3.08. The monoisotopic (exact) mass is 305 g/mol. The van der Waals surface area contributed by atoms with E-state index in [-0.39, 0.29) is 6.61 Å². The number of likely N-dealkylation sites (N-methyl/N-ethyl adjacent to an activating group) is 1. The highest BCUT2D eigenvalue weighted by atomic mass is 79.9. The molecule has 1 atom stereocenters. The van der Waals surface area contributed by atoms with E-state index in [9.17, 15) is 9.50 Å². The summed E-state index contributed by atoms with van der Waals surface area (Å²) in [6.45, 7) is 1.24. The van der Waals surface area contributed by atoms with Gasteiger partial charge in [0.1, 0.15) is 5.82 Å². The average molecular weight is 306 g/mol. The Hall–Kier alpha value is -0.490. The second-order valence-electron chi connectivity index (χ2n) is 4.00. The number of benzene rings is 1. The predicted octanol–water partition coefficient (Wildman–Crippen LogP) is 1.94. The fourth-order valence-electron chi connectivity index (χ4n) is 1.55. The molecule has 0 amide bonds. The van der Waals surface area contributed by atoms with Gasteiger partial charge in [0.15, 0.2) is 0 Å². The highest BCUT2D eigenvalue weighted by molar-refractivity contribution is 9.10. The Balaban J connectivity index is 2.57. The molecule has 0 fully saturated rings. The molecule has 0 aliphatic carbocycles. The Bertz CT molecular complexity index is 362. The first-order valence-electron chi connectivity index (χ1n) is 5.47. The predicted molar refractivity (Wildman–Crippen MR) is 68.3 cm³/mol. The van der Waals surface area contributed by atoms with Gasteiger partial charge in [0.25, 0.3) is 0 Å². The van der Waals surface area contributed by atoms with Crippen LogP contribution in [-0.2, 0) is 0 Å². The number of hydrogen-bond acceptors (Lipinski definition) is 3. The molecule has 0 aliphatic rings. The summed E-state index contributed by atoms with van der Waals surface area (Å²) in [5.74, 6) is -0.398. The molecule has 1 aromatic rings. The summed E-state index contributed by atoms with van der Waals surface area (Å²) in [5.41, 5.74) is 0.303. The summed E-state index contributed by atoms with van der Waals surface area (Å²) in [6.07, 6.45) is -0.391. The largest absolute Gasteiger partial charge is 0.395 e. The maximum Gasteiger partial charge on any atom is 0.129 e. The third-order valence-electron chi connectivity index (χ3n) is 2.58. The molecule has 0 aromatic heterocycles. The van der Waals surface area contributed by atoms with Gasteiger partial charge < -0.3 is 15.1 Å². The van der Waals surface area contributed by atoms with Gasteiger partial charge in [-0.15, -0.1) is 0 Å². The normalized spacial score (nSPS) is 13.1. The van der Waals surface area contributed by atoms with Crippen LogP contribution < -0.4 is 0 Å². The summed E-state index contributed by atoms with van der Waals surface area (Å²) in [6, 6.07) is 4.52. The summed E-state index contributed by atoms with van der Waals surface area (Å²) in [7, 11) is 1.85. The number of aliphatic hydroxyl groups is 2. The van der Waals surface area contributed by atoms with E-state index in [1.807, 2.05) is 11.9 Å². The van der Waals surface area contributed by atoms with Crippen molar-refractivity contribution in [2.75, 3.05) is 26.7 Å². The lowest BCUT2D eigenvalue weighted by Crippen LogP contribution is -2.24. The zero-order valence-electron chi connectivity index (χ0n) is 9.74. The van der Waals surface area contributed by atoms with Crippen molar-refractivity contribution in [3.05, 3.63) is 34.1 Å². The Morgan fingerprint density at radius 3 is 2.76 bits per heavy atom. The molecule has 0 saturated carbocycles. The van der Waals surface area contributed by atoms with Crippen LogP contribution in [0.3, 0.4) is 0 Å². The number of rotatable bonds is 6. The van der Waals surface area contributed by atoms with Crippen molar-refractivity contribution in [3.8, 4) is 0 Å². The smallest absolute Gasteiger partial charge is 0.129 e. The zero-order chi connectivity index (χ0) is 12.8. The first-order valence-corrected chi connectivity index (χ1v) is 6.26. The molecule has 1 rings (SSSR count). The lowest BCUT2D eigenvalue weighted by Gasteiger charge is -2.18. The molecule has 3 nitrogen and oxygen atoms in total. The van der Waals surface area contributed by atoms with Gasteiger partial charge in [0, 0.05) is 23.1 Å². The van der Waals surface area contributed by atoms with E-state index in [1.54, 1.807) is 12.1 Å². The van der Waals surface area contributed by atoms with Crippen LogP contribution in [0.5, 0.6) is 0 Å². The fraction of sp³-hybridized carbons (Fsp3) is 0.500. The van der Waals surface area contributed by atoms with Crippen LogP contribution in [0.25, 0.3) is 0 Å². The van der Waals surface area contributed by atoms with E-state index in [0.29, 0.717) is 25.1 Å². The van der Waals surface area contributed by atoms with E-state index in [2.05, 4.69) is 15.9 Å². The van der Waals surface area contributed by atoms with Crippen LogP contribution >= 0.6 is 15.9 Å². The minimum atomic E-state index is -0.825. The van der Waals surface area contributed by atoms with Crippen molar-refractivity contribution in [2.45, 2.75) is 12.5 Å². The number of aliphatic hydroxyl groups excluding tert-OH is 2. The molecule has 17 heavy (non-hydrogen) atoms. The van der Waals surface area contributed by atoms with Crippen molar-refractivity contribution in [2.24, 2.45) is 0 Å². The van der Waals surface area contributed by atoms with Crippen LogP contribution in [0.15, 0.2) is 22.7 Å². The summed E-state index contributed by atoms with van der Waals surface area (Å²) in [4.78, 5) is 1.89. The molecule has 0 radical (unpaired) electrons. The van der Waals surface area contributed by atoms with Gasteiger partial charge in [0.05, 0.1) is 12.7 Å². The second kappa shape index (κ2) is 7.06. The van der Waals surface area contributed by atoms with Crippen molar-refractivity contribution >= 4 is 15.9 Å². The van der Waals surface area contributed by atoms with Crippen LogP contribution in [0.2, 0.25) is 0 Å². The average Bonchev–Trinajstić information content (AvgIpc) is 2.29. The molecule has 2 N–H and O–H groups in total. The second-order valence-corrected chi connectivity index (χ2v) is 4.91. The Kier molecular flexibility index (Phi) is 6.05. The minimum absolute atomic E-state index is 0.0812. The molecule has 0 bridgehead atoms. The van der Waals surface area contributed by atoms with Crippen LogP contribution in [0.1, 0.15) is 18.1 Å². The molecule has 0 heterocycles. The lowest BCUT2D eigenvalue weighted by atomic mass is 10.1. The molecule has 1 aromatic carbocycles. The highest BCUT2D eigenvalue weighted by Gasteiger charge is 2.13. The van der Waals surface area contributed by atoms with Gasteiger partial charge in [-0.05, 0) is 31.7 Å². The number of nitrogens with zero attached hydrogens (tertiary/aromatic N) is 1. The van der Waals surface area contributed by atoms with E-state index in [1.165, 1.54) is 6.07 Å². The van der Waals surface area contributed by atoms with Crippen molar-refractivity contribution < 1.29 is 14.6 Å². The lowest BCUT2D eigenvalue weighted by molar-refractivity contribution is 0.138. The molecular formula is C12H17BrFNO2. The van der Waals surface area contributed by atoms with Crippen LogP contribution in [0.4, 0.5) is 4.39 Å². The Morgan fingerprint density at radius 1 is 1.41 bits per heavy atom. The van der Waals surface area contributed by atoms with Crippen molar-refractivity contribution in [3.63, 3.8) is 0 Å². The molecule has 0 aliphatic heterocycles. The Morgan fingerprint density at radius 2 is 2.12 bits per heavy atom. The van der Waals surface area contributed by atoms with Crippen molar-refractivity contribution in [1.82, 2.24) is 4.90 Å². The van der Waals surface area contributed by atoms with Gasteiger partial charge in [0.2, 0.25) is 0 Å². The van der Waals surface area contributed by atoms with Crippen molar-refractivity contribution in [1.29, 1.82) is 0 Å². The van der Waals surface area contributed by atoms with Gasteiger partial charge in [-0.1, -0.05) is 15.9 Å². The molecule has 1 unspecified atom stereocenters. The molecule has 96 valence electrons. The van der Waals surface area contributed by atoms with Crippen LogP contribution in [-0.4, -0.2) is 41.9 Å². The number of halogens is 2. The Labute approximate surface area is 109 Å². The first-order chi connectivity index (χ1) is 8.04. The summed E-state index contributed by atoms with van der Waals surface area (Å²) in [5, 5.41) is 18.6. The quantitative estimate of drug-likeness (QED) is 0.844. The van der Waals surface area contributed by atoms with E-state index >= 15 is 0 Å². The van der Waals surface area contributed by atoms with Crippen LogP contribution in [0, 0.1) is 5.82 Å². The number of hydrogen-bond donors (Lipinski definition) is 2. The summed E-state index contributed by atoms with van der Waals surface area (Å²) < 4.78 is 14.2. The van der Waals surface area contributed by atoms with E-state index in [4.69, 9.17) is 5.11 Å². The maximum absolute atomic E-state index is 13.5. The molecule has 0 spiro atoms. The van der Waals surface area contributed by atoms with E-state index in [0.717, 1.165) is 4.47 Å². The summed E-state index contributed by atoms with van der Waals surface area (Å²) >= 11 is 3.25. The van der Waals surface area contributed by atoms with E-state index < -0.39 is 11.9 Å². The van der Waals surface area contributed by atoms with Gasteiger partial charge in [-0.3, -0.25) is 0 Å². The maximum atomic E-state index is 13.5.